The third-order valence-electron chi connectivity index (χ3n) is 2.54. The molecule has 0 bridgehead atoms. The second kappa shape index (κ2) is 7.06. The zero-order valence-electron chi connectivity index (χ0n) is 10.4. The van der Waals surface area contributed by atoms with Crippen LogP contribution in [0.4, 0.5) is 5.69 Å². The summed E-state index contributed by atoms with van der Waals surface area (Å²) in [6.07, 6.45) is 0.657. The predicted octanol–water partition coefficient (Wildman–Crippen LogP) is 2.14. The Balaban J connectivity index is 2.85. The Bertz CT molecular complexity index is 479. The summed E-state index contributed by atoms with van der Waals surface area (Å²) in [5.74, 6) is -0.660. The first-order chi connectivity index (χ1) is 8.97. The van der Waals surface area contributed by atoms with E-state index in [9.17, 15) is 20.0 Å². The van der Waals surface area contributed by atoms with Gasteiger partial charge >= 0.3 is 0 Å². The van der Waals surface area contributed by atoms with Gasteiger partial charge in [-0.05, 0) is 12.5 Å². The smallest absolute Gasteiger partial charge is 0.283 e. The molecule has 0 heterocycles. The van der Waals surface area contributed by atoms with Gasteiger partial charge in [0.15, 0.2) is 0 Å². The molecule has 0 aliphatic heterocycles. The molecule has 19 heavy (non-hydrogen) atoms. The fraction of sp³-hybridized carbons (Fsp3) is 0.417. The highest BCUT2D eigenvalue weighted by atomic mass is 35.5. The van der Waals surface area contributed by atoms with Crippen LogP contribution < -0.4 is 5.32 Å². The first kappa shape index (κ1) is 15.4. The largest absolute Gasteiger partial charge is 0.391 e. The number of benzene rings is 1. The van der Waals surface area contributed by atoms with Gasteiger partial charge in [-0.25, -0.2) is 0 Å². The second-order valence-corrected chi connectivity index (χ2v) is 4.45. The number of hydrogen-bond donors (Lipinski definition) is 2. The molecule has 1 atom stereocenters. The monoisotopic (exact) mass is 286 g/mol. The summed E-state index contributed by atoms with van der Waals surface area (Å²) in [6, 6.07) is 4.03. The van der Waals surface area contributed by atoms with Crippen molar-refractivity contribution in [3.8, 4) is 0 Å². The molecule has 2 N–H and O–H groups in total. The Morgan fingerprint density at radius 1 is 1.58 bits per heavy atom. The van der Waals surface area contributed by atoms with Crippen molar-refractivity contribution in [2.75, 3.05) is 6.54 Å². The van der Waals surface area contributed by atoms with Gasteiger partial charge in [-0.1, -0.05) is 31.0 Å². The first-order valence-corrected chi connectivity index (χ1v) is 6.24. The van der Waals surface area contributed by atoms with Crippen molar-refractivity contribution >= 4 is 23.2 Å². The Kier molecular flexibility index (Phi) is 5.72. The number of carbonyl (C=O) groups excluding carboxylic acids is 1. The van der Waals surface area contributed by atoms with Gasteiger partial charge in [-0.3, -0.25) is 14.9 Å². The molecule has 0 spiro atoms. The zero-order valence-corrected chi connectivity index (χ0v) is 11.2. The molecule has 0 aromatic heterocycles. The third kappa shape index (κ3) is 4.18. The maximum absolute atomic E-state index is 11.9. The maximum Gasteiger partial charge on any atom is 0.283 e. The number of aliphatic hydroxyl groups excluding tert-OH is 1. The quantitative estimate of drug-likeness (QED) is 0.619. The van der Waals surface area contributed by atoms with Gasteiger partial charge in [-0.15, -0.1) is 0 Å². The van der Waals surface area contributed by atoms with Gasteiger partial charge in [0.25, 0.3) is 11.6 Å². The van der Waals surface area contributed by atoms with Crippen molar-refractivity contribution in [1.82, 2.24) is 5.32 Å². The molecule has 1 unspecified atom stereocenters. The first-order valence-electron chi connectivity index (χ1n) is 5.86. The molecule has 0 aliphatic carbocycles. The van der Waals surface area contributed by atoms with E-state index in [-0.39, 0.29) is 22.8 Å². The molecule has 0 saturated carbocycles. The summed E-state index contributed by atoms with van der Waals surface area (Å²) >= 11 is 5.82. The molecule has 1 rings (SSSR count). The second-order valence-electron chi connectivity index (χ2n) is 4.04. The Labute approximate surface area is 115 Å². The molecule has 7 heteroatoms. The number of aliphatic hydroxyl groups is 1. The van der Waals surface area contributed by atoms with Crippen LogP contribution in [0, 0.1) is 10.1 Å². The fourth-order valence-electron chi connectivity index (χ4n) is 1.62. The highest BCUT2D eigenvalue weighted by Gasteiger charge is 2.23. The Hall–Kier alpha value is -1.66. The standard InChI is InChI=1S/C12H15ClN2O4/c1-2-4-8(16)7-14-12(17)11-9(13)5-3-6-10(11)15(18)19/h3,5-6,8,16H,2,4,7H2,1H3,(H,14,17). The molecule has 1 amide bonds. The van der Waals surface area contributed by atoms with E-state index in [0.29, 0.717) is 6.42 Å². The van der Waals surface area contributed by atoms with Gasteiger partial charge in [0.2, 0.25) is 0 Å². The van der Waals surface area contributed by atoms with Crippen molar-refractivity contribution in [3.63, 3.8) is 0 Å². The van der Waals surface area contributed by atoms with Crippen molar-refractivity contribution < 1.29 is 14.8 Å². The third-order valence-corrected chi connectivity index (χ3v) is 2.85. The van der Waals surface area contributed by atoms with Crippen LogP contribution in [0.2, 0.25) is 5.02 Å². The van der Waals surface area contributed by atoms with Crippen molar-refractivity contribution in [2.24, 2.45) is 0 Å². The lowest BCUT2D eigenvalue weighted by Crippen LogP contribution is -2.32. The van der Waals surface area contributed by atoms with Gasteiger partial charge in [0, 0.05) is 12.6 Å². The van der Waals surface area contributed by atoms with E-state index < -0.39 is 16.9 Å². The molecular weight excluding hydrogens is 272 g/mol. The van der Waals surface area contributed by atoms with Crippen LogP contribution in [0.1, 0.15) is 30.1 Å². The highest BCUT2D eigenvalue weighted by Crippen LogP contribution is 2.25. The van der Waals surface area contributed by atoms with Crippen LogP contribution in [-0.2, 0) is 0 Å². The van der Waals surface area contributed by atoms with E-state index in [1.807, 2.05) is 6.92 Å². The predicted molar refractivity (Wildman–Crippen MR) is 71.4 cm³/mol. The average molecular weight is 287 g/mol. The maximum atomic E-state index is 11.9. The Morgan fingerprint density at radius 3 is 2.84 bits per heavy atom. The number of nitrogens with zero attached hydrogens (tertiary/aromatic N) is 1. The summed E-state index contributed by atoms with van der Waals surface area (Å²) in [5.41, 5.74) is -0.534. The van der Waals surface area contributed by atoms with Gasteiger partial charge in [0.05, 0.1) is 16.0 Å². The number of carbonyl (C=O) groups is 1. The summed E-state index contributed by atoms with van der Waals surface area (Å²) in [7, 11) is 0. The number of nitrogens with one attached hydrogen (secondary N) is 1. The summed E-state index contributed by atoms with van der Waals surface area (Å²) < 4.78 is 0. The molecule has 0 fully saturated rings. The minimum atomic E-state index is -0.671. The molecule has 104 valence electrons. The molecule has 1 aromatic carbocycles. The zero-order chi connectivity index (χ0) is 14.4. The van der Waals surface area contributed by atoms with Crippen LogP contribution >= 0.6 is 11.6 Å². The van der Waals surface area contributed by atoms with E-state index in [1.54, 1.807) is 0 Å². The fourth-order valence-corrected chi connectivity index (χ4v) is 1.88. The lowest BCUT2D eigenvalue weighted by Gasteiger charge is -2.11. The van der Waals surface area contributed by atoms with Crippen LogP contribution in [0.5, 0.6) is 0 Å². The topological polar surface area (TPSA) is 92.5 Å². The number of amides is 1. The number of hydrogen-bond acceptors (Lipinski definition) is 4. The van der Waals surface area contributed by atoms with Crippen molar-refractivity contribution in [1.29, 1.82) is 0 Å². The average Bonchev–Trinajstić information content (AvgIpc) is 2.36. The van der Waals surface area contributed by atoms with Crippen molar-refractivity contribution in [3.05, 3.63) is 38.9 Å². The molecule has 0 radical (unpaired) electrons. The molecule has 1 aromatic rings. The minimum Gasteiger partial charge on any atom is -0.391 e. The van der Waals surface area contributed by atoms with Gasteiger partial charge < -0.3 is 10.4 Å². The number of halogens is 1. The lowest BCUT2D eigenvalue weighted by atomic mass is 10.1. The van der Waals surface area contributed by atoms with E-state index in [4.69, 9.17) is 11.6 Å². The molecule has 6 nitrogen and oxygen atoms in total. The van der Waals surface area contributed by atoms with Gasteiger partial charge in [0.1, 0.15) is 5.56 Å². The van der Waals surface area contributed by atoms with Crippen LogP contribution in [0.25, 0.3) is 0 Å². The molecular formula is C12H15ClN2O4. The summed E-state index contributed by atoms with van der Waals surface area (Å²) in [4.78, 5) is 22.1. The normalized spacial score (nSPS) is 11.9. The summed E-state index contributed by atoms with van der Waals surface area (Å²) in [6.45, 7) is 1.94. The van der Waals surface area contributed by atoms with Crippen molar-refractivity contribution in [2.45, 2.75) is 25.9 Å². The number of nitro benzene ring substituents is 1. The van der Waals surface area contributed by atoms with Gasteiger partial charge in [-0.2, -0.15) is 0 Å². The minimum absolute atomic E-state index is 0.0108. The summed E-state index contributed by atoms with van der Waals surface area (Å²) in [5, 5.41) is 22.8. The number of nitro groups is 1. The van der Waals surface area contributed by atoms with E-state index in [1.165, 1.54) is 18.2 Å². The SMILES string of the molecule is CCCC(O)CNC(=O)c1c(Cl)cccc1[N+](=O)[O-]. The highest BCUT2D eigenvalue weighted by molar-refractivity contribution is 6.34. The number of rotatable bonds is 6. The van der Waals surface area contributed by atoms with E-state index in [0.717, 1.165) is 6.42 Å². The molecule has 0 aliphatic rings. The van der Waals surface area contributed by atoms with Crippen LogP contribution in [0.3, 0.4) is 0 Å². The lowest BCUT2D eigenvalue weighted by molar-refractivity contribution is -0.385. The van der Waals surface area contributed by atoms with Crippen LogP contribution in [0.15, 0.2) is 18.2 Å². The van der Waals surface area contributed by atoms with Crippen LogP contribution in [-0.4, -0.2) is 28.6 Å². The Morgan fingerprint density at radius 2 is 2.26 bits per heavy atom. The van der Waals surface area contributed by atoms with E-state index in [2.05, 4.69) is 5.32 Å². The van der Waals surface area contributed by atoms with E-state index >= 15 is 0 Å². The molecule has 0 saturated heterocycles.